The molecule has 0 saturated heterocycles. The van der Waals surface area contributed by atoms with Crippen molar-refractivity contribution in [1.29, 1.82) is 0 Å². The molecular formula is C17H23N3O. The number of methoxy groups -OCH3 is 1. The summed E-state index contributed by atoms with van der Waals surface area (Å²) in [6, 6.07) is 10.0. The van der Waals surface area contributed by atoms with E-state index in [0.29, 0.717) is 6.42 Å². The predicted octanol–water partition coefficient (Wildman–Crippen LogP) is 3.42. The van der Waals surface area contributed by atoms with Gasteiger partial charge in [-0.25, -0.2) is 9.97 Å². The lowest BCUT2D eigenvalue weighted by Crippen LogP contribution is -2.16. The maximum absolute atomic E-state index is 5.18. The Hall–Kier alpha value is -2.10. The summed E-state index contributed by atoms with van der Waals surface area (Å²) in [5.41, 5.74) is 2.22. The van der Waals surface area contributed by atoms with Crippen molar-refractivity contribution in [3.8, 4) is 5.75 Å². The minimum absolute atomic E-state index is 0.00317. The lowest BCUT2D eigenvalue weighted by atomic mass is 9.92. The minimum Gasteiger partial charge on any atom is -0.497 e. The molecule has 0 bridgehead atoms. The summed E-state index contributed by atoms with van der Waals surface area (Å²) >= 11 is 0. The third-order valence-corrected chi connectivity index (χ3v) is 3.32. The molecule has 4 nitrogen and oxygen atoms in total. The van der Waals surface area contributed by atoms with Crippen LogP contribution in [-0.2, 0) is 11.8 Å². The molecule has 0 spiro atoms. The molecule has 1 N–H and O–H groups in total. The number of rotatable bonds is 4. The van der Waals surface area contributed by atoms with E-state index >= 15 is 0 Å². The molecule has 21 heavy (non-hydrogen) atoms. The number of benzene rings is 1. The quantitative estimate of drug-likeness (QED) is 0.935. The molecule has 0 fully saturated rings. The largest absolute Gasteiger partial charge is 0.497 e. The van der Waals surface area contributed by atoms with Crippen LogP contribution in [-0.4, -0.2) is 24.1 Å². The molecule has 2 rings (SSSR count). The molecule has 1 heterocycles. The van der Waals surface area contributed by atoms with Crippen molar-refractivity contribution < 1.29 is 4.74 Å². The predicted molar refractivity (Wildman–Crippen MR) is 86.1 cm³/mol. The summed E-state index contributed by atoms with van der Waals surface area (Å²) in [5, 5.41) is 3.11. The highest BCUT2D eigenvalue weighted by Gasteiger charge is 2.17. The van der Waals surface area contributed by atoms with Crippen molar-refractivity contribution in [2.45, 2.75) is 32.6 Å². The van der Waals surface area contributed by atoms with Gasteiger partial charge in [0.15, 0.2) is 0 Å². The average Bonchev–Trinajstić information content (AvgIpc) is 2.46. The van der Waals surface area contributed by atoms with Crippen molar-refractivity contribution in [1.82, 2.24) is 9.97 Å². The molecular weight excluding hydrogens is 262 g/mol. The zero-order valence-corrected chi connectivity index (χ0v) is 13.4. The van der Waals surface area contributed by atoms with Crippen LogP contribution in [0.4, 0.5) is 5.82 Å². The molecule has 0 aliphatic heterocycles. The second kappa shape index (κ2) is 6.12. The van der Waals surface area contributed by atoms with Gasteiger partial charge in [0.05, 0.1) is 12.8 Å². The number of aromatic nitrogens is 2. The van der Waals surface area contributed by atoms with Crippen molar-refractivity contribution in [3.05, 3.63) is 47.4 Å². The van der Waals surface area contributed by atoms with Crippen LogP contribution in [0.3, 0.4) is 0 Å². The molecule has 1 aromatic carbocycles. The third-order valence-electron chi connectivity index (χ3n) is 3.32. The molecule has 0 unspecified atom stereocenters. The van der Waals surface area contributed by atoms with E-state index in [-0.39, 0.29) is 5.41 Å². The first-order chi connectivity index (χ1) is 9.92. The van der Waals surface area contributed by atoms with Gasteiger partial charge in [0, 0.05) is 24.9 Å². The highest BCUT2D eigenvalue weighted by Crippen LogP contribution is 2.23. The standard InChI is InChI=1S/C17H23N3O/c1-17(2,3)14-11-15(18-4)20-16(19-14)10-12-6-8-13(21-5)9-7-12/h6-9,11H,10H2,1-5H3,(H,18,19,20). The van der Waals surface area contributed by atoms with Crippen LogP contribution in [0.15, 0.2) is 30.3 Å². The molecule has 0 aliphatic carbocycles. The van der Waals surface area contributed by atoms with E-state index in [2.05, 4.69) is 31.1 Å². The topological polar surface area (TPSA) is 47.0 Å². The molecule has 2 aromatic rings. The van der Waals surface area contributed by atoms with E-state index in [4.69, 9.17) is 9.72 Å². The first kappa shape index (κ1) is 15.3. The van der Waals surface area contributed by atoms with Crippen molar-refractivity contribution in [2.24, 2.45) is 0 Å². The van der Waals surface area contributed by atoms with Crippen LogP contribution in [0.2, 0.25) is 0 Å². The smallest absolute Gasteiger partial charge is 0.135 e. The second-order valence-corrected chi connectivity index (χ2v) is 6.08. The van der Waals surface area contributed by atoms with Crippen molar-refractivity contribution in [2.75, 3.05) is 19.5 Å². The van der Waals surface area contributed by atoms with E-state index in [1.165, 1.54) is 5.56 Å². The van der Waals surface area contributed by atoms with Crippen LogP contribution >= 0.6 is 0 Å². The van der Waals surface area contributed by atoms with E-state index < -0.39 is 0 Å². The molecule has 0 amide bonds. The summed E-state index contributed by atoms with van der Waals surface area (Å²) in [6.45, 7) is 6.48. The van der Waals surface area contributed by atoms with Crippen LogP contribution in [0.1, 0.15) is 37.9 Å². The monoisotopic (exact) mass is 285 g/mol. The van der Waals surface area contributed by atoms with Crippen LogP contribution in [0.25, 0.3) is 0 Å². The van der Waals surface area contributed by atoms with Crippen LogP contribution in [0, 0.1) is 0 Å². The Labute approximate surface area is 126 Å². The fourth-order valence-electron chi connectivity index (χ4n) is 2.01. The van der Waals surface area contributed by atoms with Crippen LogP contribution < -0.4 is 10.1 Å². The lowest BCUT2D eigenvalue weighted by Gasteiger charge is -2.19. The Balaban J connectivity index is 2.29. The van der Waals surface area contributed by atoms with Gasteiger partial charge >= 0.3 is 0 Å². The summed E-state index contributed by atoms with van der Waals surface area (Å²) < 4.78 is 5.18. The molecule has 112 valence electrons. The van der Waals surface area contributed by atoms with Gasteiger partial charge in [-0.1, -0.05) is 32.9 Å². The summed E-state index contributed by atoms with van der Waals surface area (Å²) in [5.74, 6) is 2.55. The van der Waals surface area contributed by atoms with E-state index in [1.807, 2.05) is 37.4 Å². The molecule has 1 aromatic heterocycles. The lowest BCUT2D eigenvalue weighted by molar-refractivity contribution is 0.414. The SMILES string of the molecule is CNc1cc(C(C)(C)C)nc(Cc2ccc(OC)cc2)n1. The van der Waals surface area contributed by atoms with Gasteiger partial charge in [0.1, 0.15) is 17.4 Å². The Bertz CT molecular complexity index is 600. The van der Waals surface area contributed by atoms with Gasteiger partial charge in [-0.3, -0.25) is 0 Å². The number of nitrogens with zero attached hydrogens (tertiary/aromatic N) is 2. The summed E-state index contributed by atoms with van der Waals surface area (Å²) in [7, 11) is 3.55. The van der Waals surface area contributed by atoms with Gasteiger partial charge in [-0.15, -0.1) is 0 Å². The molecule has 0 saturated carbocycles. The normalized spacial score (nSPS) is 11.3. The maximum atomic E-state index is 5.18. The zero-order valence-electron chi connectivity index (χ0n) is 13.4. The van der Waals surface area contributed by atoms with Crippen LogP contribution in [0.5, 0.6) is 5.75 Å². The van der Waals surface area contributed by atoms with Crippen molar-refractivity contribution in [3.63, 3.8) is 0 Å². The average molecular weight is 285 g/mol. The fourth-order valence-corrected chi connectivity index (χ4v) is 2.01. The van der Waals surface area contributed by atoms with Gasteiger partial charge in [-0.2, -0.15) is 0 Å². The first-order valence-corrected chi connectivity index (χ1v) is 7.11. The number of hydrogen-bond acceptors (Lipinski definition) is 4. The summed E-state index contributed by atoms with van der Waals surface area (Å²) in [4.78, 5) is 9.26. The van der Waals surface area contributed by atoms with Crippen molar-refractivity contribution >= 4 is 5.82 Å². The Morgan fingerprint density at radius 2 is 1.76 bits per heavy atom. The number of ether oxygens (including phenoxy) is 1. The minimum atomic E-state index is 0.00317. The van der Waals surface area contributed by atoms with Gasteiger partial charge in [-0.05, 0) is 17.7 Å². The Morgan fingerprint density at radius 3 is 2.29 bits per heavy atom. The molecule has 4 heteroatoms. The highest BCUT2D eigenvalue weighted by molar-refractivity contribution is 5.38. The maximum Gasteiger partial charge on any atom is 0.135 e. The zero-order chi connectivity index (χ0) is 15.5. The van der Waals surface area contributed by atoms with E-state index in [1.54, 1.807) is 7.11 Å². The molecule has 0 atom stereocenters. The molecule has 0 radical (unpaired) electrons. The van der Waals surface area contributed by atoms with Gasteiger partial charge < -0.3 is 10.1 Å². The first-order valence-electron chi connectivity index (χ1n) is 7.11. The van der Waals surface area contributed by atoms with Gasteiger partial charge in [0.25, 0.3) is 0 Å². The van der Waals surface area contributed by atoms with E-state index in [9.17, 15) is 0 Å². The number of anilines is 1. The third kappa shape index (κ3) is 3.94. The number of hydrogen-bond donors (Lipinski definition) is 1. The van der Waals surface area contributed by atoms with E-state index in [0.717, 1.165) is 23.1 Å². The Morgan fingerprint density at radius 1 is 1.10 bits per heavy atom. The van der Waals surface area contributed by atoms with Gasteiger partial charge in [0.2, 0.25) is 0 Å². The fraction of sp³-hybridized carbons (Fsp3) is 0.412. The molecule has 0 aliphatic rings. The second-order valence-electron chi connectivity index (χ2n) is 6.08. The number of nitrogens with one attached hydrogen (secondary N) is 1. The summed E-state index contributed by atoms with van der Waals surface area (Å²) in [6.07, 6.45) is 0.711. The highest BCUT2D eigenvalue weighted by atomic mass is 16.5. The Kier molecular flexibility index (Phi) is 4.46.